The van der Waals surface area contributed by atoms with Gasteiger partial charge in [-0.3, -0.25) is 9.10 Å². The van der Waals surface area contributed by atoms with Crippen LogP contribution >= 0.6 is 15.9 Å². The average molecular weight is 521 g/mol. The van der Waals surface area contributed by atoms with E-state index in [1.165, 1.54) is 18.3 Å². The number of carbonyl (C=O) groups is 1. The highest BCUT2D eigenvalue weighted by Gasteiger charge is 2.20. The number of hydrazone groups is 1. The zero-order valence-electron chi connectivity index (χ0n) is 17.7. The van der Waals surface area contributed by atoms with Gasteiger partial charge in [-0.2, -0.15) is 5.10 Å². The standard InChI is InChI=1S/C22H22BrFN4O3S/c1-15-11-17(16(2)28(15)21-6-4-5-18(23)12-21)13-25-26-22(29)14-27(32(3,30)31)20-9-7-19(24)8-10-20/h4-13H,14H2,1-3H3,(H,26,29)/b25-13-. The van der Waals surface area contributed by atoms with Crippen molar-refractivity contribution in [2.75, 3.05) is 17.1 Å². The first-order valence-corrected chi connectivity index (χ1v) is 12.2. The number of amides is 1. The molecule has 1 amide bonds. The fourth-order valence-electron chi connectivity index (χ4n) is 3.28. The van der Waals surface area contributed by atoms with Crippen LogP contribution in [-0.4, -0.2) is 37.9 Å². The molecular weight excluding hydrogens is 499 g/mol. The van der Waals surface area contributed by atoms with E-state index in [0.29, 0.717) is 0 Å². The predicted molar refractivity (Wildman–Crippen MR) is 127 cm³/mol. The van der Waals surface area contributed by atoms with E-state index in [-0.39, 0.29) is 5.69 Å². The van der Waals surface area contributed by atoms with E-state index in [0.717, 1.165) is 49.8 Å². The van der Waals surface area contributed by atoms with E-state index in [4.69, 9.17) is 0 Å². The van der Waals surface area contributed by atoms with Gasteiger partial charge in [-0.15, -0.1) is 0 Å². The number of sulfonamides is 1. The number of hydrogen-bond acceptors (Lipinski definition) is 4. The van der Waals surface area contributed by atoms with Gasteiger partial charge in [0.25, 0.3) is 5.91 Å². The van der Waals surface area contributed by atoms with Crippen molar-refractivity contribution in [3.8, 4) is 5.69 Å². The van der Waals surface area contributed by atoms with Crippen molar-refractivity contribution in [3.63, 3.8) is 0 Å². The molecule has 0 atom stereocenters. The monoisotopic (exact) mass is 520 g/mol. The Morgan fingerprint density at radius 3 is 2.50 bits per heavy atom. The minimum Gasteiger partial charge on any atom is -0.318 e. The van der Waals surface area contributed by atoms with Gasteiger partial charge >= 0.3 is 0 Å². The van der Waals surface area contributed by atoms with Crippen LogP contribution in [0.1, 0.15) is 17.0 Å². The van der Waals surface area contributed by atoms with E-state index >= 15 is 0 Å². The summed E-state index contributed by atoms with van der Waals surface area (Å²) in [5, 5.41) is 3.98. The number of halogens is 2. The minimum absolute atomic E-state index is 0.186. The molecule has 0 unspecified atom stereocenters. The van der Waals surface area contributed by atoms with Crippen molar-refractivity contribution in [3.05, 3.63) is 81.8 Å². The van der Waals surface area contributed by atoms with E-state index in [9.17, 15) is 17.6 Å². The Kier molecular flexibility index (Phi) is 7.15. The number of nitrogens with one attached hydrogen (secondary N) is 1. The second-order valence-corrected chi connectivity index (χ2v) is 10.0. The van der Waals surface area contributed by atoms with Crippen LogP contribution in [0.5, 0.6) is 0 Å². The molecule has 0 saturated heterocycles. The molecule has 0 spiro atoms. The van der Waals surface area contributed by atoms with Crippen molar-refractivity contribution in [2.24, 2.45) is 5.10 Å². The molecule has 7 nitrogen and oxygen atoms in total. The number of anilines is 1. The lowest BCUT2D eigenvalue weighted by molar-refractivity contribution is -0.119. The summed E-state index contributed by atoms with van der Waals surface area (Å²) in [6.45, 7) is 3.42. The van der Waals surface area contributed by atoms with Crippen LogP contribution in [0.15, 0.2) is 64.2 Å². The van der Waals surface area contributed by atoms with E-state index < -0.39 is 28.3 Å². The molecule has 1 N–H and O–H groups in total. The van der Waals surface area contributed by atoms with Crippen LogP contribution < -0.4 is 9.73 Å². The summed E-state index contributed by atoms with van der Waals surface area (Å²) in [6, 6.07) is 14.7. The van der Waals surface area contributed by atoms with Gasteiger partial charge in [-0.1, -0.05) is 22.0 Å². The molecule has 0 aliphatic heterocycles. The zero-order valence-corrected chi connectivity index (χ0v) is 20.1. The van der Waals surface area contributed by atoms with Crippen LogP contribution in [-0.2, 0) is 14.8 Å². The van der Waals surface area contributed by atoms with Crippen LogP contribution in [0, 0.1) is 19.7 Å². The van der Waals surface area contributed by atoms with Gasteiger partial charge in [-0.05, 0) is 62.4 Å². The molecular formula is C22H22BrFN4O3S. The summed E-state index contributed by atoms with van der Waals surface area (Å²) in [6.07, 6.45) is 2.49. The molecule has 0 radical (unpaired) electrons. The van der Waals surface area contributed by atoms with Gasteiger partial charge in [0.2, 0.25) is 10.0 Å². The van der Waals surface area contributed by atoms with Gasteiger partial charge in [0, 0.05) is 27.1 Å². The summed E-state index contributed by atoms with van der Waals surface area (Å²) in [5.41, 5.74) is 6.26. The minimum atomic E-state index is -3.76. The fourth-order valence-corrected chi connectivity index (χ4v) is 4.52. The Bertz CT molecular complexity index is 1270. The van der Waals surface area contributed by atoms with E-state index in [2.05, 4.69) is 31.0 Å². The van der Waals surface area contributed by atoms with Gasteiger partial charge in [0.1, 0.15) is 12.4 Å². The number of aryl methyl sites for hydroxylation is 1. The molecule has 1 aromatic heterocycles. The molecule has 32 heavy (non-hydrogen) atoms. The highest BCUT2D eigenvalue weighted by atomic mass is 79.9. The first kappa shape index (κ1) is 23.7. The molecule has 0 aliphatic carbocycles. The Labute approximate surface area is 194 Å². The SMILES string of the molecule is Cc1cc(/C=N\NC(=O)CN(c2ccc(F)cc2)S(C)(=O)=O)c(C)n1-c1cccc(Br)c1. The molecule has 0 saturated carbocycles. The number of aromatic nitrogens is 1. The number of benzene rings is 2. The van der Waals surface area contributed by atoms with Crippen LogP contribution in [0.3, 0.4) is 0 Å². The maximum absolute atomic E-state index is 13.2. The van der Waals surface area contributed by atoms with Gasteiger partial charge in [0.15, 0.2) is 0 Å². The molecule has 1 heterocycles. The Morgan fingerprint density at radius 1 is 1.19 bits per heavy atom. The van der Waals surface area contributed by atoms with Crippen molar-refractivity contribution >= 4 is 43.8 Å². The smallest absolute Gasteiger partial charge is 0.260 e. The number of hydrogen-bond donors (Lipinski definition) is 1. The largest absolute Gasteiger partial charge is 0.318 e. The van der Waals surface area contributed by atoms with E-state index in [1.807, 2.05) is 44.2 Å². The number of rotatable bonds is 7. The van der Waals surface area contributed by atoms with E-state index in [1.54, 1.807) is 0 Å². The summed E-state index contributed by atoms with van der Waals surface area (Å²) in [4.78, 5) is 12.3. The third-order valence-electron chi connectivity index (χ3n) is 4.73. The normalized spacial score (nSPS) is 11.7. The lowest BCUT2D eigenvalue weighted by atomic mass is 10.2. The quantitative estimate of drug-likeness (QED) is 0.378. The number of nitrogens with zero attached hydrogens (tertiary/aromatic N) is 3. The molecule has 10 heteroatoms. The maximum Gasteiger partial charge on any atom is 0.260 e. The van der Waals surface area contributed by atoms with Gasteiger partial charge in [0.05, 0.1) is 18.2 Å². The Morgan fingerprint density at radius 2 is 1.88 bits per heavy atom. The molecule has 0 bridgehead atoms. The highest BCUT2D eigenvalue weighted by Crippen LogP contribution is 2.22. The lowest BCUT2D eigenvalue weighted by Gasteiger charge is -2.21. The Hall–Kier alpha value is -2.98. The number of carbonyl (C=O) groups excluding carboxylic acids is 1. The van der Waals surface area contributed by atoms with Crippen LogP contribution in [0.25, 0.3) is 5.69 Å². The van der Waals surface area contributed by atoms with Crippen molar-refractivity contribution in [2.45, 2.75) is 13.8 Å². The average Bonchev–Trinajstić information content (AvgIpc) is 2.99. The lowest BCUT2D eigenvalue weighted by Crippen LogP contribution is -2.39. The van der Waals surface area contributed by atoms with Gasteiger partial charge < -0.3 is 4.57 Å². The maximum atomic E-state index is 13.2. The molecule has 168 valence electrons. The summed E-state index contributed by atoms with van der Waals surface area (Å²) in [5.74, 6) is -1.13. The first-order valence-electron chi connectivity index (χ1n) is 9.56. The summed E-state index contributed by atoms with van der Waals surface area (Å²) >= 11 is 3.47. The highest BCUT2D eigenvalue weighted by molar-refractivity contribution is 9.10. The fraction of sp³-hybridized carbons (Fsp3) is 0.182. The van der Waals surface area contributed by atoms with Crippen molar-refractivity contribution in [1.29, 1.82) is 0 Å². The first-order chi connectivity index (χ1) is 15.1. The molecule has 3 rings (SSSR count). The van der Waals surface area contributed by atoms with Gasteiger partial charge in [-0.25, -0.2) is 18.2 Å². The topological polar surface area (TPSA) is 83.8 Å². The molecule has 3 aromatic rings. The van der Waals surface area contributed by atoms with Crippen molar-refractivity contribution in [1.82, 2.24) is 9.99 Å². The summed E-state index contributed by atoms with van der Waals surface area (Å²) in [7, 11) is -3.76. The van der Waals surface area contributed by atoms with Crippen molar-refractivity contribution < 1.29 is 17.6 Å². The van der Waals surface area contributed by atoms with Crippen LogP contribution in [0.4, 0.5) is 10.1 Å². The Balaban J connectivity index is 1.73. The third-order valence-corrected chi connectivity index (χ3v) is 6.37. The third kappa shape index (κ3) is 5.63. The second-order valence-electron chi connectivity index (χ2n) is 7.18. The second kappa shape index (κ2) is 9.66. The molecule has 0 aliphatic rings. The van der Waals surface area contributed by atoms with Crippen LogP contribution in [0.2, 0.25) is 0 Å². The molecule has 2 aromatic carbocycles. The molecule has 0 fully saturated rings. The predicted octanol–water partition coefficient (Wildman–Crippen LogP) is 3.91. The summed E-state index contributed by atoms with van der Waals surface area (Å²) < 4.78 is 41.3. The zero-order chi connectivity index (χ0) is 23.5.